The average molecular weight is 326 g/mol. The second-order valence-corrected chi connectivity index (χ2v) is 7.17. The number of rotatable bonds is 3. The van der Waals surface area contributed by atoms with Crippen LogP contribution in [0.2, 0.25) is 0 Å². The lowest BCUT2D eigenvalue weighted by Gasteiger charge is -2.14. The van der Waals surface area contributed by atoms with Gasteiger partial charge in [-0.05, 0) is 12.1 Å². The normalized spacial score (nSPS) is 21.8. The van der Waals surface area contributed by atoms with Crippen molar-refractivity contribution >= 4 is 15.9 Å². The molecule has 0 saturated carbocycles. The SMILES string of the molecule is CN1C[C@@H](NS(=O)(=O)c2ccc3c(c2)OCCCO3)CC1=O. The Morgan fingerprint density at radius 2 is 1.95 bits per heavy atom. The summed E-state index contributed by atoms with van der Waals surface area (Å²) in [6.07, 6.45) is 0.936. The summed E-state index contributed by atoms with van der Waals surface area (Å²) >= 11 is 0. The van der Waals surface area contributed by atoms with Crippen LogP contribution >= 0.6 is 0 Å². The van der Waals surface area contributed by atoms with Crippen molar-refractivity contribution in [2.24, 2.45) is 0 Å². The third kappa shape index (κ3) is 3.02. The molecule has 8 heteroatoms. The Bertz CT molecular complexity index is 688. The number of amides is 1. The van der Waals surface area contributed by atoms with Crippen molar-refractivity contribution in [3.05, 3.63) is 18.2 Å². The van der Waals surface area contributed by atoms with E-state index in [0.29, 0.717) is 31.3 Å². The fourth-order valence-electron chi connectivity index (χ4n) is 2.54. The molecule has 22 heavy (non-hydrogen) atoms. The predicted octanol–water partition coefficient (Wildman–Crippen LogP) is 0.357. The molecule has 0 aromatic heterocycles. The van der Waals surface area contributed by atoms with Gasteiger partial charge in [-0.2, -0.15) is 0 Å². The lowest BCUT2D eigenvalue weighted by molar-refractivity contribution is -0.126. The van der Waals surface area contributed by atoms with Crippen LogP contribution in [0, 0.1) is 0 Å². The van der Waals surface area contributed by atoms with Gasteiger partial charge in [0.2, 0.25) is 15.9 Å². The van der Waals surface area contributed by atoms with Gasteiger partial charge in [0.05, 0.1) is 18.1 Å². The van der Waals surface area contributed by atoms with Gasteiger partial charge in [0.15, 0.2) is 11.5 Å². The molecule has 7 nitrogen and oxygen atoms in total. The number of hydrogen-bond donors (Lipinski definition) is 1. The Kier molecular flexibility index (Phi) is 3.96. The second kappa shape index (κ2) is 5.77. The lowest BCUT2D eigenvalue weighted by Crippen LogP contribution is -2.36. The first-order valence-corrected chi connectivity index (χ1v) is 8.60. The number of hydrogen-bond acceptors (Lipinski definition) is 5. The molecule has 2 aliphatic rings. The van der Waals surface area contributed by atoms with E-state index in [1.54, 1.807) is 13.1 Å². The van der Waals surface area contributed by atoms with Crippen LogP contribution in [0.1, 0.15) is 12.8 Å². The Labute approximate surface area is 129 Å². The highest BCUT2D eigenvalue weighted by molar-refractivity contribution is 7.89. The van der Waals surface area contributed by atoms with Gasteiger partial charge in [0, 0.05) is 38.5 Å². The van der Waals surface area contributed by atoms with Crippen molar-refractivity contribution in [3.63, 3.8) is 0 Å². The maximum absolute atomic E-state index is 12.4. The Hall–Kier alpha value is -1.80. The summed E-state index contributed by atoms with van der Waals surface area (Å²) in [6.45, 7) is 1.42. The van der Waals surface area contributed by atoms with Gasteiger partial charge < -0.3 is 14.4 Å². The number of benzene rings is 1. The number of nitrogens with zero attached hydrogens (tertiary/aromatic N) is 1. The largest absolute Gasteiger partial charge is 0.490 e. The van der Waals surface area contributed by atoms with Gasteiger partial charge in [-0.25, -0.2) is 13.1 Å². The van der Waals surface area contributed by atoms with Gasteiger partial charge >= 0.3 is 0 Å². The van der Waals surface area contributed by atoms with E-state index in [9.17, 15) is 13.2 Å². The van der Waals surface area contributed by atoms with Crippen LogP contribution in [0.25, 0.3) is 0 Å². The minimum absolute atomic E-state index is 0.0636. The summed E-state index contributed by atoms with van der Waals surface area (Å²) in [7, 11) is -2.04. The first kappa shape index (κ1) is 15.1. The monoisotopic (exact) mass is 326 g/mol. The van der Waals surface area contributed by atoms with Crippen molar-refractivity contribution in [1.29, 1.82) is 0 Å². The maximum atomic E-state index is 12.4. The molecule has 0 unspecified atom stereocenters. The molecular weight excluding hydrogens is 308 g/mol. The van der Waals surface area contributed by atoms with Crippen LogP contribution in [0.3, 0.4) is 0 Å². The minimum Gasteiger partial charge on any atom is -0.490 e. The van der Waals surface area contributed by atoms with Gasteiger partial charge in [-0.1, -0.05) is 0 Å². The molecule has 0 bridgehead atoms. The van der Waals surface area contributed by atoms with E-state index < -0.39 is 16.1 Å². The number of fused-ring (bicyclic) bond motifs is 1. The maximum Gasteiger partial charge on any atom is 0.241 e. The number of sulfonamides is 1. The van der Waals surface area contributed by atoms with E-state index >= 15 is 0 Å². The zero-order valence-electron chi connectivity index (χ0n) is 12.2. The first-order chi connectivity index (χ1) is 10.5. The molecule has 2 heterocycles. The van der Waals surface area contributed by atoms with E-state index in [0.717, 1.165) is 6.42 Å². The van der Waals surface area contributed by atoms with E-state index in [1.165, 1.54) is 17.0 Å². The molecule has 1 amide bonds. The first-order valence-electron chi connectivity index (χ1n) is 7.12. The quantitative estimate of drug-likeness (QED) is 0.867. The summed E-state index contributed by atoms with van der Waals surface area (Å²) in [6, 6.07) is 4.14. The topological polar surface area (TPSA) is 84.9 Å². The standard InChI is InChI=1S/C14H18N2O5S/c1-16-9-10(7-14(16)17)15-22(18,19)11-3-4-12-13(8-11)21-6-2-5-20-12/h3-4,8,10,15H,2,5-7,9H2,1H3/t10-/m0/s1. The van der Waals surface area contributed by atoms with Crippen LogP contribution in [-0.2, 0) is 14.8 Å². The number of likely N-dealkylation sites (tertiary alicyclic amines) is 1. The van der Waals surface area contributed by atoms with E-state index in [1.807, 2.05) is 0 Å². The third-order valence-electron chi connectivity index (χ3n) is 3.69. The van der Waals surface area contributed by atoms with Crippen LogP contribution < -0.4 is 14.2 Å². The average Bonchev–Trinajstić information content (AvgIpc) is 2.67. The minimum atomic E-state index is -3.70. The Morgan fingerprint density at radius 3 is 2.64 bits per heavy atom. The molecule has 1 saturated heterocycles. The molecule has 0 aliphatic carbocycles. The van der Waals surface area contributed by atoms with Gasteiger partial charge in [-0.3, -0.25) is 4.79 Å². The molecule has 1 aromatic rings. The van der Waals surface area contributed by atoms with Crippen molar-refractivity contribution in [2.75, 3.05) is 26.8 Å². The summed E-state index contributed by atoms with van der Waals surface area (Å²) in [5.41, 5.74) is 0. The molecule has 120 valence electrons. The van der Waals surface area contributed by atoms with Crippen LogP contribution in [-0.4, -0.2) is 52.1 Å². The van der Waals surface area contributed by atoms with Crippen molar-refractivity contribution in [2.45, 2.75) is 23.8 Å². The number of carbonyl (C=O) groups excluding carboxylic acids is 1. The third-order valence-corrected chi connectivity index (χ3v) is 5.21. The number of ether oxygens (including phenoxy) is 2. The zero-order valence-corrected chi connectivity index (χ0v) is 13.1. The summed E-state index contributed by atoms with van der Waals surface area (Å²) < 4.78 is 38.4. The molecule has 1 fully saturated rings. The van der Waals surface area contributed by atoms with Crippen LogP contribution in [0.4, 0.5) is 0 Å². The molecule has 0 spiro atoms. The Morgan fingerprint density at radius 1 is 1.23 bits per heavy atom. The number of nitrogens with one attached hydrogen (secondary N) is 1. The van der Waals surface area contributed by atoms with E-state index in [-0.39, 0.29) is 17.2 Å². The second-order valence-electron chi connectivity index (χ2n) is 5.46. The van der Waals surface area contributed by atoms with Crippen LogP contribution in [0.15, 0.2) is 23.1 Å². The van der Waals surface area contributed by atoms with Crippen molar-refractivity contribution in [3.8, 4) is 11.5 Å². The molecule has 3 rings (SSSR count). The fraction of sp³-hybridized carbons (Fsp3) is 0.500. The van der Waals surface area contributed by atoms with Crippen LogP contribution in [0.5, 0.6) is 11.5 Å². The summed E-state index contributed by atoms with van der Waals surface area (Å²) in [5, 5.41) is 0. The number of likely N-dealkylation sites (N-methyl/N-ethyl adjacent to an activating group) is 1. The van der Waals surface area contributed by atoms with E-state index in [4.69, 9.17) is 9.47 Å². The van der Waals surface area contributed by atoms with Crippen molar-refractivity contribution < 1.29 is 22.7 Å². The van der Waals surface area contributed by atoms with E-state index in [2.05, 4.69) is 4.72 Å². The Balaban J connectivity index is 1.80. The molecule has 0 radical (unpaired) electrons. The smallest absolute Gasteiger partial charge is 0.241 e. The molecule has 1 N–H and O–H groups in total. The molecule has 1 aromatic carbocycles. The molecular formula is C14H18N2O5S. The van der Waals surface area contributed by atoms with Gasteiger partial charge in [0.1, 0.15) is 0 Å². The highest BCUT2D eigenvalue weighted by Gasteiger charge is 2.31. The predicted molar refractivity (Wildman–Crippen MR) is 78.4 cm³/mol. The molecule has 2 aliphatic heterocycles. The highest BCUT2D eigenvalue weighted by Crippen LogP contribution is 2.32. The van der Waals surface area contributed by atoms with Gasteiger partial charge in [0.25, 0.3) is 0 Å². The lowest BCUT2D eigenvalue weighted by atomic mass is 10.3. The number of carbonyl (C=O) groups is 1. The summed E-state index contributed by atoms with van der Waals surface area (Å²) in [4.78, 5) is 13.1. The zero-order chi connectivity index (χ0) is 15.7. The summed E-state index contributed by atoms with van der Waals surface area (Å²) in [5.74, 6) is 0.915. The van der Waals surface area contributed by atoms with Gasteiger partial charge in [-0.15, -0.1) is 0 Å². The highest BCUT2D eigenvalue weighted by atomic mass is 32.2. The van der Waals surface area contributed by atoms with Crippen molar-refractivity contribution in [1.82, 2.24) is 9.62 Å². The molecule has 1 atom stereocenters. The fourth-order valence-corrected chi connectivity index (χ4v) is 3.78.